The number of nitrogens with one attached hydrogen (secondary N) is 1. The summed E-state index contributed by atoms with van der Waals surface area (Å²) in [6, 6.07) is -0.552. The molecule has 84 valence electrons. The maximum Gasteiger partial charge on any atom is 0.237 e. The van der Waals surface area contributed by atoms with E-state index < -0.39 is 6.04 Å². The zero-order chi connectivity index (χ0) is 11.3. The Bertz CT molecular complexity index is 258. The minimum Gasteiger partial charge on any atom is -0.354 e. The molecule has 0 bridgehead atoms. The maximum atomic E-state index is 11.5. The zero-order valence-electron chi connectivity index (χ0n) is 9.38. The largest absolute Gasteiger partial charge is 0.354 e. The molecule has 3 N–H and O–H groups in total. The van der Waals surface area contributed by atoms with Crippen LogP contribution in [0, 0.1) is 17.8 Å². The van der Waals surface area contributed by atoms with Crippen molar-refractivity contribution in [3.63, 3.8) is 0 Å². The highest BCUT2D eigenvalue weighted by molar-refractivity contribution is 5.81. The van der Waals surface area contributed by atoms with E-state index in [-0.39, 0.29) is 5.91 Å². The molecule has 15 heavy (non-hydrogen) atoms. The van der Waals surface area contributed by atoms with Gasteiger partial charge in [0.15, 0.2) is 0 Å². The van der Waals surface area contributed by atoms with Crippen LogP contribution in [0.4, 0.5) is 0 Å². The van der Waals surface area contributed by atoms with Crippen molar-refractivity contribution in [3.8, 4) is 12.3 Å². The zero-order valence-corrected chi connectivity index (χ0v) is 9.38. The van der Waals surface area contributed by atoms with Crippen molar-refractivity contribution in [2.24, 2.45) is 11.1 Å². The molecular weight excluding hydrogens is 188 g/mol. The van der Waals surface area contributed by atoms with Crippen LogP contribution in [0.1, 0.15) is 39.0 Å². The molecule has 1 amide bonds. The minimum absolute atomic E-state index is 0.118. The molecule has 3 heteroatoms. The Balaban J connectivity index is 2.30. The Kier molecular flexibility index (Phi) is 4.16. The molecule has 0 aliphatic heterocycles. The highest BCUT2D eigenvalue weighted by Crippen LogP contribution is 2.42. The first-order valence-corrected chi connectivity index (χ1v) is 5.60. The van der Waals surface area contributed by atoms with Gasteiger partial charge in [-0.2, -0.15) is 0 Å². The van der Waals surface area contributed by atoms with Crippen LogP contribution < -0.4 is 11.1 Å². The van der Waals surface area contributed by atoms with Gasteiger partial charge in [0.2, 0.25) is 5.91 Å². The molecule has 1 saturated carbocycles. The van der Waals surface area contributed by atoms with Gasteiger partial charge in [-0.15, -0.1) is 12.3 Å². The first-order valence-electron chi connectivity index (χ1n) is 5.60. The van der Waals surface area contributed by atoms with E-state index in [4.69, 9.17) is 12.2 Å². The second-order valence-electron chi connectivity index (χ2n) is 4.44. The summed E-state index contributed by atoms with van der Waals surface area (Å²) in [6.07, 6.45) is 10.2. The lowest BCUT2D eigenvalue weighted by Gasteiger charge is -2.41. The van der Waals surface area contributed by atoms with Gasteiger partial charge in [-0.25, -0.2) is 0 Å². The molecule has 1 atom stereocenters. The second-order valence-corrected chi connectivity index (χ2v) is 4.44. The summed E-state index contributed by atoms with van der Waals surface area (Å²) in [5.74, 6) is 2.28. The van der Waals surface area contributed by atoms with E-state index in [0.29, 0.717) is 11.8 Å². The van der Waals surface area contributed by atoms with E-state index in [1.54, 1.807) is 0 Å². The Hall–Kier alpha value is -1.01. The van der Waals surface area contributed by atoms with E-state index in [1.807, 2.05) is 0 Å². The number of terminal acetylenes is 1. The predicted octanol–water partition coefficient (Wildman–Crippen LogP) is 1.03. The van der Waals surface area contributed by atoms with E-state index >= 15 is 0 Å². The lowest BCUT2D eigenvalue weighted by atomic mass is 9.67. The summed E-state index contributed by atoms with van der Waals surface area (Å²) in [6.45, 7) is 2.92. The predicted molar refractivity (Wildman–Crippen MR) is 61.0 cm³/mol. The number of amides is 1. The number of carbonyl (C=O) groups is 1. The lowest BCUT2D eigenvalue weighted by molar-refractivity contribution is -0.123. The minimum atomic E-state index is -0.552. The Morgan fingerprint density at radius 2 is 2.33 bits per heavy atom. The fourth-order valence-electron chi connectivity index (χ4n) is 1.96. The molecule has 0 heterocycles. The molecule has 0 saturated heterocycles. The fourth-order valence-corrected chi connectivity index (χ4v) is 1.96. The van der Waals surface area contributed by atoms with Crippen LogP contribution in [0.2, 0.25) is 0 Å². The first kappa shape index (κ1) is 12.1. The van der Waals surface area contributed by atoms with Gasteiger partial charge in [-0.3, -0.25) is 4.79 Å². The molecular formula is C12H20N2O. The number of hydrogen-bond donors (Lipinski definition) is 2. The summed E-state index contributed by atoms with van der Waals surface area (Å²) < 4.78 is 0. The number of rotatable bonds is 5. The Morgan fingerprint density at radius 1 is 1.67 bits per heavy atom. The summed E-state index contributed by atoms with van der Waals surface area (Å²) in [4.78, 5) is 11.5. The summed E-state index contributed by atoms with van der Waals surface area (Å²) >= 11 is 0. The molecule has 1 aliphatic rings. The molecule has 1 aliphatic carbocycles. The van der Waals surface area contributed by atoms with E-state index in [1.165, 1.54) is 19.3 Å². The van der Waals surface area contributed by atoms with Crippen molar-refractivity contribution in [3.05, 3.63) is 0 Å². The van der Waals surface area contributed by atoms with Crippen LogP contribution in [0.5, 0.6) is 0 Å². The van der Waals surface area contributed by atoms with Gasteiger partial charge in [0.25, 0.3) is 0 Å². The fraction of sp³-hybridized carbons (Fsp3) is 0.750. The monoisotopic (exact) mass is 208 g/mol. The molecule has 1 unspecified atom stereocenters. The van der Waals surface area contributed by atoms with Crippen molar-refractivity contribution in [1.29, 1.82) is 0 Å². The molecule has 3 nitrogen and oxygen atoms in total. The van der Waals surface area contributed by atoms with Crippen LogP contribution in [0.3, 0.4) is 0 Å². The van der Waals surface area contributed by atoms with Gasteiger partial charge < -0.3 is 11.1 Å². The van der Waals surface area contributed by atoms with Gasteiger partial charge in [0.05, 0.1) is 6.04 Å². The van der Waals surface area contributed by atoms with Crippen LogP contribution in [-0.2, 0) is 4.79 Å². The normalized spacial score (nSPS) is 19.8. The van der Waals surface area contributed by atoms with Gasteiger partial charge in [-0.05, 0) is 24.7 Å². The van der Waals surface area contributed by atoms with Crippen molar-refractivity contribution in [2.75, 3.05) is 6.54 Å². The average molecular weight is 208 g/mol. The average Bonchev–Trinajstić information content (AvgIpc) is 2.17. The SMILES string of the molecule is C#CCC(N)C(=O)NCC1(CC)CCC1. The van der Waals surface area contributed by atoms with Crippen LogP contribution >= 0.6 is 0 Å². The van der Waals surface area contributed by atoms with Crippen LogP contribution in [0.25, 0.3) is 0 Å². The summed E-state index contributed by atoms with van der Waals surface area (Å²) in [5.41, 5.74) is 5.94. The van der Waals surface area contributed by atoms with E-state index in [0.717, 1.165) is 13.0 Å². The van der Waals surface area contributed by atoms with Crippen LogP contribution in [-0.4, -0.2) is 18.5 Å². The lowest BCUT2D eigenvalue weighted by Crippen LogP contribution is -2.47. The molecule has 1 rings (SSSR count). The molecule has 0 aromatic carbocycles. The van der Waals surface area contributed by atoms with Gasteiger partial charge in [0, 0.05) is 13.0 Å². The standard InChI is InChI=1S/C12H20N2O/c1-3-6-10(13)11(15)14-9-12(4-2)7-5-8-12/h1,10H,4-9,13H2,2H3,(H,14,15). The van der Waals surface area contributed by atoms with E-state index in [9.17, 15) is 4.79 Å². The quantitative estimate of drug-likeness (QED) is 0.663. The van der Waals surface area contributed by atoms with E-state index in [2.05, 4.69) is 18.2 Å². The molecule has 0 radical (unpaired) electrons. The van der Waals surface area contributed by atoms with Crippen molar-refractivity contribution < 1.29 is 4.79 Å². The Morgan fingerprint density at radius 3 is 2.73 bits per heavy atom. The molecule has 0 aromatic heterocycles. The van der Waals surface area contributed by atoms with Crippen molar-refractivity contribution in [1.82, 2.24) is 5.32 Å². The maximum absolute atomic E-state index is 11.5. The molecule has 0 aromatic rings. The van der Waals surface area contributed by atoms with Crippen molar-refractivity contribution >= 4 is 5.91 Å². The summed E-state index contributed by atoms with van der Waals surface area (Å²) in [7, 11) is 0. The summed E-state index contributed by atoms with van der Waals surface area (Å²) in [5, 5.41) is 2.90. The van der Waals surface area contributed by atoms with Gasteiger partial charge in [0.1, 0.15) is 0 Å². The molecule has 0 spiro atoms. The third-order valence-electron chi connectivity index (χ3n) is 3.48. The number of hydrogen-bond acceptors (Lipinski definition) is 2. The van der Waals surface area contributed by atoms with Gasteiger partial charge >= 0.3 is 0 Å². The third-order valence-corrected chi connectivity index (χ3v) is 3.48. The topological polar surface area (TPSA) is 55.1 Å². The number of carbonyl (C=O) groups excluding carboxylic acids is 1. The Labute approximate surface area is 91.8 Å². The third kappa shape index (κ3) is 2.97. The smallest absolute Gasteiger partial charge is 0.237 e. The first-order chi connectivity index (χ1) is 7.13. The van der Waals surface area contributed by atoms with Crippen LogP contribution in [0.15, 0.2) is 0 Å². The number of nitrogens with two attached hydrogens (primary N) is 1. The van der Waals surface area contributed by atoms with Gasteiger partial charge in [-0.1, -0.05) is 13.3 Å². The highest BCUT2D eigenvalue weighted by Gasteiger charge is 2.35. The highest BCUT2D eigenvalue weighted by atomic mass is 16.2. The van der Waals surface area contributed by atoms with Crippen molar-refractivity contribution in [2.45, 2.75) is 45.1 Å². The second kappa shape index (κ2) is 5.18. The molecule has 1 fully saturated rings.